The predicted octanol–water partition coefficient (Wildman–Crippen LogP) is 8.74. The number of nitrogens with one attached hydrogen (secondary N) is 2. The maximum absolute atomic E-state index is 5.39. The van der Waals surface area contributed by atoms with E-state index in [-0.39, 0.29) is 6.04 Å². The van der Waals surface area contributed by atoms with Gasteiger partial charge in [-0.05, 0) is 78.4 Å². The Labute approximate surface area is 221 Å². The number of rotatable bonds is 17. The van der Waals surface area contributed by atoms with E-state index in [1.54, 1.807) is 5.37 Å². The zero-order valence-corrected chi connectivity index (χ0v) is 24.8. The topological polar surface area (TPSA) is 24.1 Å². The van der Waals surface area contributed by atoms with Gasteiger partial charge in [0.05, 0.1) is 6.04 Å². The number of allylic oxidation sites excluding steroid dienone is 5. The summed E-state index contributed by atoms with van der Waals surface area (Å²) in [6.07, 6.45) is 14.8. The van der Waals surface area contributed by atoms with Gasteiger partial charge in [-0.2, -0.15) is 11.8 Å². The van der Waals surface area contributed by atoms with Crippen molar-refractivity contribution < 1.29 is 0 Å². The molecule has 0 aliphatic heterocycles. The Bertz CT molecular complexity index is 629. The highest BCUT2D eigenvalue weighted by atomic mass is 32.2. The van der Waals surface area contributed by atoms with Gasteiger partial charge in [0.2, 0.25) is 0 Å². The average molecular weight is 511 g/mol. The van der Waals surface area contributed by atoms with Crippen LogP contribution in [0.1, 0.15) is 93.4 Å². The first-order valence-corrected chi connectivity index (χ1v) is 14.5. The summed E-state index contributed by atoms with van der Waals surface area (Å²) in [7, 11) is 0. The minimum Gasteiger partial charge on any atom is -0.362 e. The van der Waals surface area contributed by atoms with Crippen molar-refractivity contribution in [3.63, 3.8) is 0 Å². The number of thioether (sulfide) groups is 1. The van der Waals surface area contributed by atoms with E-state index in [4.69, 9.17) is 24.4 Å². The van der Waals surface area contributed by atoms with E-state index in [9.17, 15) is 0 Å². The molecule has 0 aliphatic carbocycles. The second-order valence-electron chi connectivity index (χ2n) is 8.39. The van der Waals surface area contributed by atoms with Crippen LogP contribution in [-0.2, 0) is 0 Å². The third-order valence-electron chi connectivity index (χ3n) is 4.82. The van der Waals surface area contributed by atoms with Crippen molar-refractivity contribution in [2.75, 3.05) is 18.1 Å². The average Bonchev–Trinajstić information content (AvgIpc) is 2.77. The normalized spacial score (nSPS) is 12.2. The fourth-order valence-electron chi connectivity index (χ4n) is 2.90. The maximum Gasteiger partial charge on any atom is 0.166 e. The van der Waals surface area contributed by atoms with Crippen LogP contribution in [0.15, 0.2) is 47.1 Å². The smallest absolute Gasteiger partial charge is 0.166 e. The van der Waals surface area contributed by atoms with Gasteiger partial charge in [-0.25, -0.2) is 0 Å². The van der Waals surface area contributed by atoms with Gasteiger partial charge in [-0.1, -0.05) is 86.5 Å². The quantitative estimate of drug-likeness (QED) is 0.116. The van der Waals surface area contributed by atoms with Crippen LogP contribution in [0.25, 0.3) is 0 Å². The molecular weight excluding hydrogens is 461 g/mol. The Morgan fingerprint density at radius 2 is 1.55 bits per heavy atom. The summed E-state index contributed by atoms with van der Waals surface area (Å²) in [4.78, 5) is 0. The lowest BCUT2D eigenvalue weighted by Crippen LogP contribution is -2.44. The molecule has 0 bridgehead atoms. The van der Waals surface area contributed by atoms with Crippen LogP contribution in [0.2, 0.25) is 0 Å². The van der Waals surface area contributed by atoms with Gasteiger partial charge in [0.1, 0.15) is 0 Å². The van der Waals surface area contributed by atoms with Crippen molar-refractivity contribution in [1.82, 2.24) is 10.6 Å². The minimum absolute atomic E-state index is 0.110. The van der Waals surface area contributed by atoms with Crippen LogP contribution in [-0.4, -0.2) is 34.6 Å². The molecule has 0 saturated heterocycles. The summed E-state index contributed by atoms with van der Waals surface area (Å²) in [5, 5.41) is 9.02. The van der Waals surface area contributed by atoms with Crippen molar-refractivity contribution in [2.45, 2.75) is 99.5 Å². The molecule has 0 fully saturated rings. The second-order valence-corrected chi connectivity index (χ2v) is 10.1. The van der Waals surface area contributed by atoms with Crippen LogP contribution >= 0.6 is 36.2 Å². The molecule has 0 aromatic rings. The molecule has 2 nitrogen and oxygen atoms in total. The molecule has 0 rings (SSSR count). The first kappa shape index (κ1) is 34.3. The molecule has 2 N–H and O–H groups in total. The van der Waals surface area contributed by atoms with Gasteiger partial charge < -0.3 is 10.6 Å². The number of hydrogen-bond acceptors (Lipinski definition) is 3. The van der Waals surface area contributed by atoms with Crippen LogP contribution in [0.3, 0.4) is 0 Å². The molecule has 1 atom stereocenters. The molecule has 1 unspecified atom stereocenters. The maximum atomic E-state index is 5.39. The Morgan fingerprint density at radius 3 is 2.12 bits per heavy atom. The minimum atomic E-state index is 0.110. The Hall–Kier alpha value is -0.910. The summed E-state index contributed by atoms with van der Waals surface area (Å²) in [6.45, 7) is 19.9. The van der Waals surface area contributed by atoms with Gasteiger partial charge in [-0.3, -0.25) is 0 Å². The summed E-state index contributed by atoms with van der Waals surface area (Å²) in [5.74, 6) is 1.93. The summed E-state index contributed by atoms with van der Waals surface area (Å²) < 4.78 is 0. The van der Waals surface area contributed by atoms with Gasteiger partial charge in [0.15, 0.2) is 5.11 Å². The van der Waals surface area contributed by atoms with Crippen molar-refractivity contribution in [3.05, 3.63) is 47.1 Å². The van der Waals surface area contributed by atoms with Crippen LogP contribution in [0.4, 0.5) is 0 Å². The third-order valence-corrected chi connectivity index (χ3v) is 6.41. The van der Waals surface area contributed by atoms with E-state index < -0.39 is 0 Å². The Balaban J connectivity index is 0. The predicted molar refractivity (Wildman–Crippen MR) is 164 cm³/mol. The molecule has 5 heteroatoms. The van der Waals surface area contributed by atoms with Crippen LogP contribution < -0.4 is 10.6 Å². The van der Waals surface area contributed by atoms with E-state index in [1.807, 2.05) is 25.6 Å². The molecule has 0 aromatic carbocycles. The lowest BCUT2D eigenvalue weighted by Gasteiger charge is -2.17. The molecule has 0 spiro atoms. The van der Waals surface area contributed by atoms with E-state index >= 15 is 0 Å². The zero-order chi connectivity index (χ0) is 25.5. The molecule has 0 aliphatic rings. The van der Waals surface area contributed by atoms with Gasteiger partial charge in [0, 0.05) is 23.4 Å². The summed E-state index contributed by atoms with van der Waals surface area (Å²) in [6, 6.07) is 0.110. The van der Waals surface area contributed by atoms with E-state index in [0.717, 1.165) is 56.6 Å². The standard InChI is InChI=1S/C26H44N2S3.C2H6/c1-7-10-22(4)15-17-27-26(30)28-25(19-29)20-31-18-16-24(6)14-9-13-23(5)12-8-11-21(2)3;1-2/h11,13,16,19,25H,4,7-10,12,14-15,17-18,20H2,1-3,5-6H3,(H2,27,28,30);1-2H3/b23-13+,24-16+;. The lowest BCUT2D eigenvalue weighted by molar-refractivity contribution is 0.768. The SMILES string of the molecule is C=C(CCC)CCNC(=S)NC(C=S)CSC/C=C(\C)CC/C=C(\C)CCC=C(C)C.CC. The van der Waals surface area contributed by atoms with E-state index in [0.29, 0.717) is 5.11 Å². The van der Waals surface area contributed by atoms with Crippen molar-refractivity contribution in [2.24, 2.45) is 0 Å². The fraction of sp³-hybridized carbons (Fsp3) is 0.643. The van der Waals surface area contributed by atoms with Crippen LogP contribution in [0, 0.1) is 0 Å². The number of hydrogen-bond donors (Lipinski definition) is 2. The monoisotopic (exact) mass is 510 g/mol. The molecule has 0 heterocycles. The molecular formula is C28H50N2S3. The van der Waals surface area contributed by atoms with Gasteiger partial charge in [0.25, 0.3) is 0 Å². The van der Waals surface area contributed by atoms with Crippen molar-refractivity contribution in [3.8, 4) is 0 Å². The van der Waals surface area contributed by atoms with Gasteiger partial charge >= 0.3 is 0 Å². The van der Waals surface area contributed by atoms with Crippen molar-refractivity contribution in [1.29, 1.82) is 0 Å². The van der Waals surface area contributed by atoms with Crippen LogP contribution in [0.5, 0.6) is 0 Å². The van der Waals surface area contributed by atoms with Gasteiger partial charge in [-0.15, -0.1) is 0 Å². The summed E-state index contributed by atoms with van der Waals surface area (Å²) in [5.41, 5.74) is 5.63. The highest BCUT2D eigenvalue weighted by Gasteiger charge is 2.06. The highest BCUT2D eigenvalue weighted by Crippen LogP contribution is 2.13. The highest BCUT2D eigenvalue weighted by molar-refractivity contribution is 7.99. The van der Waals surface area contributed by atoms with E-state index in [2.05, 4.69) is 70.1 Å². The second kappa shape index (κ2) is 24.2. The van der Waals surface area contributed by atoms with Crippen molar-refractivity contribution >= 4 is 46.7 Å². The Kier molecular flexibility index (Phi) is 25.1. The molecule has 0 amide bonds. The molecule has 0 saturated carbocycles. The first-order valence-electron chi connectivity index (χ1n) is 12.5. The third kappa shape index (κ3) is 24.0. The molecule has 33 heavy (non-hydrogen) atoms. The zero-order valence-electron chi connectivity index (χ0n) is 22.4. The fourth-order valence-corrected chi connectivity index (χ4v) is 4.41. The lowest BCUT2D eigenvalue weighted by atomic mass is 10.1. The Morgan fingerprint density at radius 1 is 0.939 bits per heavy atom. The first-order chi connectivity index (χ1) is 15.8. The molecule has 0 aromatic heterocycles. The number of thiocarbonyl (C=S) groups is 2. The molecule has 190 valence electrons. The van der Waals surface area contributed by atoms with E-state index in [1.165, 1.54) is 28.7 Å². The largest absolute Gasteiger partial charge is 0.362 e. The molecule has 0 radical (unpaired) electrons. The summed E-state index contributed by atoms with van der Waals surface area (Å²) >= 11 is 12.5.